The molecule has 0 bridgehead atoms. The van der Waals surface area contributed by atoms with Crippen molar-refractivity contribution in [3.63, 3.8) is 0 Å². The average Bonchev–Trinajstić information content (AvgIpc) is 2.83. The third-order valence-corrected chi connectivity index (χ3v) is 4.19. The van der Waals surface area contributed by atoms with Crippen LogP contribution in [-0.4, -0.2) is 30.7 Å². The van der Waals surface area contributed by atoms with Crippen LogP contribution in [0.1, 0.15) is 12.0 Å². The van der Waals surface area contributed by atoms with Crippen LogP contribution in [0.25, 0.3) is 0 Å². The summed E-state index contributed by atoms with van der Waals surface area (Å²) in [6.45, 7) is 6.48. The minimum Gasteiger partial charge on any atom is -0.445 e. The van der Waals surface area contributed by atoms with Crippen LogP contribution in [0.3, 0.4) is 0 Å². The maximum absolute atomic E-state index is 13.9. The van der Waals surface area contributed by atoms with Crippen LogP contribution in [0.15, 0.2) is 49.6 Å². The van der Waals surface area contributed by atoms with Crippen molar-refractivity contribution in [2.45, 2.75) is 18.9 Å². The average molecular weight is 499 g/mol. The number of carbonyl (C=O) groups excluding carboxylic acids is 3. The Balaban J connectivity index is 2.27. The molecule has 2 rings (SSSR count). The van der Waals surface area contributed by atoms with Gasteiger partial charge in [-0.25, -0.2) is 22.8 Å². The molecule has 0 radical (unpaired) electrons. The van der Waals surface area contributed by atoms with E-state index in [1.165, 1.54) is 36.4 Å². The lowest BCUT2D eigenvalue weighted by molar-refractivity contribution is -0.137. The van der Waals surface area contributed by atoms with Crippen molar-refractivity contribution < 1.29 is 50.5 Å². The summed E-state index contributed by atoms with van der Waals surface area (Å²) in [6, 6.07) is 3.83. The third-order valence-electron chi connectivity index (χ3n) is 4.19. The minimum atomic E-state index is -2.43. The highest BCUT2D eigenvalue weighted by Crippen LogP contribution is 2.29. The number of alkyl carbamates (subject to hydrolysis) is 1. The van der Waals surface area contributed by atoms with Gasteiger partial charge in [0, 0.05) is 6.42 Å². The smallest absolute Gasteiger partial charge is 0.408 e. The summed E-state index contributed by atoms with van der Waals surface area (Å²) in [7, 11) is 0. The fourth-order valence-corrected chi connectivity index (χ4v) is 2.58. The van der Waals surface area contributed by atoms with Gasteiger partial charge in [0.2, 0.25) is 34.8 Å². The summed E-state index contributed by atoms with van der Waals surface area (Å²) in [5.74, 6) is -15.6. The number of rotatable bonds is 10. The van der Waals surface area contributed by atoms with Crippen molar-refractivity contribution >= 4 is 18.0 Å². The molecule has 2 aromatic rings. The third kappa shape index (κ3) is 7.13. The van der Waals surface area contributed by atoms with Crippen LogP contribution in [0, 0.1) is 29.1 Å². The van der Waals surface area contributed by atoms with E-state index in [0.717, 1.165) is 0 Å². The van der Waals surface area contributed by atoms with E-state index in [1.54, 1.807) is 0 Å². The van der Waals surface area contributed by atoms with Gasteiger partial charge in [-0.05, 0) is 17.7 Å². The van der Waals surface area contributed by atoms with Gasteiger partial charge in [0.25, 0.3) is 0 Å². The van der Waals surface area contributed by atoms with Crippen LogP contribution in [0.5, 0.6) is 11.5 Å². The lowest BCUT2D eigenvalue weighted by Crippen LogP contribution is -2.45. The SMILES string of the molecule is C=CCOC(=O)N[C@H](Cc1ccc(OC(=O)CC=C)cc1)C(=O)Oc1c(F)c(F)c(F)c(F)c1F. The predicted molar refractivity (Wildman–Crippen MR) is 111 cm³/mol. The molecule has 0 saturated carbocycles. The monoisotopic (exact) mass is 499 g/mol. The lowest BCUT2D eigenvalue weighted by atomic mass is 10.1. The first kappa shape index (κ1) is 27.0. The first-order valence-corrected chi connectivity index (χ1v) is 9.76. The Hall–Kier alpha value is -4.22. The fraction of sp³-hybridized carbons (Fsp3) is 0.174. The highest BCUT2D eigenvalue weighted by molar-refractivity contribution is 5.83. The molecule has 0 aliphatic carbocycles. The second-order valence-corrected chi connectivity index (χ2v) is 6.72. The Labute approximate surface area is 195 Å². The van der Waals surface area contributed by atoms with E-state index in [1.807, 2.05) is 0 Å². The number of nitrogens with one attached hydrogen (secondary N) is 1. The predicted octanol–water partition coefficient (Wildman–Crippen LogP) is 4.29. The number of carbonyl (C=O) groups is 3. The molecule has 2 aromatic carbocycles. The van der Waals surface area contributed by atoms with Crippen LogP contribution in [0.2, 0.25) is 0 Å². The Morgan fingerprint density at radius 3 is 1.97 bits per heavy atom. The normalized spacial score (nSPS) is 11.2. The van der Waals surface area contributed by atoms with Gasteiger partial charge in [0.15, 0.2) is 0 Å². The maximum Gasteiger partial charge on any atom is 0.408 e. The van der Waals surface area contributed by atoms with Crippen LogP contribution in [-0.2, 0) is 20.7 Å². The minimum absolute atomic E-state index is 0.0376. The van der Waals surface area contributed by atoms with Gasteiger partial charge in [-0.15, -0.1) is 6.58 Å². The van der Waals surface area contributed by atoms with Crippen LogP contribution < -0.4 is 14.8 Å². The van der Waals surface area contributed by atoms with Crippen molar-refractivity contribution in [2.75, 3.05) is 6.61 Å². The molecule has 1 atom stereocenters. The van der Waals surface area contributed by atoms with Crippen molar-refractivity contribution in [2.24, 2.45) is 0 Å². The number of benzene rings is 2. The quantitative estimate of drug-likeness (QED) is 0.131. The number of halogens is 5. The molecule has 1 N–H and O–H groups in total. The second-order valence-electron chi connectivity index (χ2n) is 6.72. The molecule has 186 valence electrons. The van der Waals surface area contributed by atoms with E-state index in [-0.39, 0.29) is 25.2 Å². The molecule has 35 heavy (non-hydrogen) atoms. The van der Waals surface area contributed by atoms with Crippen molar-refractivity contribution in [3.05, 3.63) is 84.2 Å². The molecule has 0 saturated heterocycles. The van der Waals surface area contributed by atoms with Crippen LogP contribution >= 0.6 is 0 Å². The summed E-state index contributed by atoms with van der Waals surface area (Å²) in [6.07, 6.45) is 1.00. The van der Waals surface area contributed by atoms with Crippen molar-refractivity contribution in [1.29, 1.82) is 0 Å². The molecule has 0 aliphatic heterocycles. The van der Waals surface area contributed by atoms with E-state index in [0.29, 0.717) is 5.56 Å². The summed E-state index contributed by atoms with van der Waals surface area (Å²) in [4.78, 5) is 36.0. The Kier molecular flexibility index (Phi) is 9.50. The van der Waals surface area contributed by atoms with Gasteiger partial charge in [0.1, 0.15) is 18.4 Å². The number of ether oxygens (including phenoxy) is 3. The van der Waals surface area contributed by atoms with Gasteiger partial charge < -0.3 is 19.5 Å². The number of esters is 2. The Bertz CT molecular complexity index is 1110. The van der Waals surface area contributed by atoms with E-state index in [2.05, 4.69) is 27.9 Å². The highest BCUT2D eigenvalue weighted by Gasteiger charge is 2.31. The molecule has 7 nitrogen and oxygen atoms in total. The zero-order valence-electron chi connectivity index (χ0n) is 17.9. The lowest BCUT2D eigenvalue weighted by Gasteiger charge is -2.18. The summed E-state index contributed by atoms with van der Waals surface area (Å²) in [5, 5.41) is 2.08. The van der Waals surface area contributed by atoms with Crippen LogP contribution in [0.4, 0.5) is 26.7 Å². The van der Waals surface area contributed by atoms with Crippen molar-refractivity contribution in [1.82, 2.24) is 5.32 Å². The summed E-state index contributed by atoms with van der Waals surface area (Å²) >= 11 is 0. The number of hydrogen-bond donors (Lipinski definition) is 1. The maximum atomic E-state index is 13.9. The van der Waals surface area contributed by atoms with E-state index in [4.69, 9.17) is 4.74 Å². The Morgan fingerprint density at radius 2 is 1.43 bits per heavy atom. The molecule has 0 heterocycles. The van der Waals surface area contributed by atoms with E-state index in [9.17, 15) is 36.3 Å². The molecular formula is C23H18F5NO6. The molecule has 0 fully saturated rings. The van der Waals surface area contributed by atoms with Gasteiger partial charge in [-0.3, -0.25) is 4.79 Å². The summed E-state index contributed by atoms with van der Waals surface area (Å²) < 4.78 is 82.1. The molecular weight excluding hydrogens is 481 g/mol. The Morgan fingerprint density at radius 1 is 0.857 bits per heavy atom. The van der Waals surface area contributed by atoms with E-state index >= 15 is 0 Å². The number of hydrogen-bond acceptors (Lipinski definition) is 6. The summed E-state index contributed by atoms with van der Waals surface area (Å²) in [5.41, 5.74) is 0.330. The van der Waals surface area contributed by atoms with Gasteiger partial charge in [0.05, 0.1) is 6.42 Å². The molecule has 0 aliphatic rings. The molecule has 12 heteroatoms. The molecule has 0 unspecified atom stereocenters. The van der Waals surface area contributed by atoms with Gasteiger partial charge in [-0.1, -0.05) is 30.9 Å². The standard InChI is InChI=1S/C23H18F5NO6/c1-3-5-15(30)34-13-8-6-12(7-9-13)11-14(29-23(32)33-10-4-2)22(31)35-21-19(27)17(25)16(24)18(26)20(21)28/h3-4,6-9,14H,1-2,5,10-11H2,(H,29,32)/t14-/m1/s1. The first-order valence-electron chi connectivity index (χ1n) is 9.76. The zero-order valence-corrected chi connectivity index (χ0v) is 17.9. The zero-order chi connectivity index (χ0) is 26.1. The largest absolute Gasteiger partial charge is 0.445 e. The molecule has 0 aromatic heterocycles. The second kappa shape index (κ2) is 12.3. The van der Waals surface area contributed by atoms with E-state index < -0.39 is 58.9 Å². The first-order chi connectivity index (χ1) is 16.6. The molecule has 1 amide bonds. The van der Waals surface area contributed by atoms with Gasteiger partial charge in [-0.2, -0.15) is 8.78 Å². The number of amides is 1. The molecule has 0 spiro atoms. The van der Waals surface area contributed by atoms with Crippen molar-refractivity contribution in [3.8, 4) is 11.5 Å². The highest BCUT2D eigenvalue weighted by atomic mass is 19.2. The van der Waals surface area contributed by atoms with Gasteiger partial charge >= 0.3 is 18.0 Å². The topological polar surface area (TPSA) is 90.9 Å². The fourth-order valence-electron chi connectivity index (χ4n) is 2.58.